The van der Waals surface area contributed by atoms with Gasteiger partial charge in [0, 0.05) is 39.0 Å². The van der Waals surface area contributed by atoms with E-state index >= 15 is 0 Å². The zero-order valence-electron chi connectivity index (χ0n) is 34.2. The summed E-state index contributed by atoms with van der Waals surface area (Å²) >= 11 is 0. The molecule has 0 aromatic heterocycles. The molecule has 0 spiro atoms. The topological polar surface area (TPSA) is 55.8 Å². The molecule has 0 atom stereocenters. The highest BCUT2D eigenvalue weighted by atomic mass is 19.4. The maximum Gasteiger partial charge on any atom is 0.416 e. The standard InChI is InChI=1S/C51H50F3NO4/c1-33(2)47(56)58-29-13-11-27-50(28-12-14-30-59-48(57)34(3)4)44-18-10-8-16-40(44)42-26-24-38(32-46(42)50)55(36-21-19-35(20-22-36)51(52,53)54)37-23-25-41-39-15-7-9-17-43(39)49(5,6)45(41)31-37/h7-10,15-26,31-32H,1,3,11-14,27-30H2,2,4-6H3. The van der Waals surface area contributed by atoms with Crippen LogP contribution >= 0.6 is 0 Å². The number of halogens is 3. The highest BCUT2D eigenvalue weighted by Crippen LogP contribution is 2.56. The van der Waals surface area contributed by atoms with Crippen LogP contribution in [-0.2, 0) is 36.1 Å². The quantitative estimate of drug-likeness (QED) is 0.0600. The summed E-state index contributed by atoms with van der Waals surface area (Å²) in [4.78, 5) is 26.4. The Morgan fingerprint density at radius 1 is 0.576 bits per heavy atom. The summed E-state index contributed by atoms with van der Waals surface area (Å²) in [6, 6.07) is 35.0. The molecule has 5 nitrogen and oxygen atoms in total. The maximum atomic E-state index is 13.9. The van der Waals surface area contributed by atoms with Gasteiger partial charge in [0.05, 0.1) is 18.8 Å². The zero-order valence-corrected chi connectivity index (χ0v) is 34.2. The van der Waals surface area contributed by atoms with Crippen molar-refractivity contribution in [1.29, 1.82) is 0 Å². The molecule has 0 aliphatic heterocycles. The molecule has 5 aromatic carbocycles. The van der Waals surface area contributed by atoms with Gasteiger partial charge in [0.2, 0.25) is 0 Å². The maximum absolute atomic E-state index is 13.9. The summed E-state index contributed by atoms with van der Waals surface area (Å²) in [5.74, 6) is -0.820. The second kappa shape index (κ2) is 16.4. The van der Waals surface area contributed by atoms with E-state index in [-0.39, 0.29) is 18.6 Å². The van der Waals surface area contributed by atoms with Gasteiger partial charge in [-0.3, -0.25) is 0 Å². The Hall–Kier alpha value is -5.89. The molecule has 0 saturated heterocycles. The third-order valence-electron chi connectivity index (χ3n) is 11.9. The molecule has 0 unspecified atom stereocenters. The van der Waals surface area contributed by atoms with Crippen LogP contribution in [0.1, 0.15) is 94.0 Å². The molecule has 8 heteroatoms. The van der Waals surface area contributed by atoms with Gasteiger partial charge in [0.25, 0.3) is 0 Å². The number of esters is 2. The predicted molar refractivity (Wildman–Crippen MR) is 229 cm³/mol. The molecular weight excluding hydrogens is 748 g/mol. The first-order valence-electron chi connectivity index (χ1n) is 20.2. The summed E-state index contributed by atoms with van der Waals surface area (Å²) in [7, 11) is 0. The Kier molecular flexibility index (Phi) is 11.5. The SMILES string of the molecule is C=C(C)C(=O)OCCCCC1(CCCCOC(=O)C(=C)C)c2ccccc2-c2ccc(N(c3ccc(C(F)(F)F)cc3)c3ccc4c(c3)C(C)(C)c3ccccc3-4)cc21. The van der Waals surface area contributed by atoms with E-state index in [1.807, 2.05) is 12.1 Å². The van der Waals surface area contributed by atoms with E-state index in [4.69, 9.17) is 9.47 Å². The van der Waals surface area contributed by atoms with Gasteiger partial charge in [-0.15, -0.1) is 0 Å². The van der Waals surface area contributed by atoms with Crippen LogP contribution in [-0.4, -0.2) is 25.2 Å². The molecule has 59 heavy (non-hydrogen) atoms. The van der Waals surface area contributed by atoms with Crippen LogP contribution in [0.5, 0.6) is 0 Å². The number of nitrogens with zero attached hydrogens (tertiary/aromatic N) is 1. The van der Waals surface area contributed by atoms with Crippen molar-refractivity contribution >= 4 is 29.0 Å². The highest BCUT2D eigenvalue weighted by Gasteiger charge is 2.43. The lowest BCUT2D eigenvalue weighted by atomic mass is 9.70. The number of benzene rings is 5. The van der Waals surface area contributed by atoms with Crippen molar-refractivity contribution in [2.45, 2.75) is 83.2 Å². The van der Waals surface area contributed by atoms with Gasteiger partial charge in [-0.2, -0.15) is 13.2 Å². The molecule has 0 heterocycles. The largest absolute Gasteiger partial charge is 0.462 e. The van der Waals surface area contributed by atoms with E-state index in [1.54, 1.807) is 26.0 Å². The fourth-order valence-electron chi connectivity index (χ4n) is 8.96. The molecule has 5 aromatic rings. The average Bonchev–Trinajstić information content (AvgIpc) is 3.61. The monoisotopic (exact) mass is 797 g/mol. The molecule has 2 aliphatic rings. The third kappa shape index (κ3) is 7.97. The molecule has 304 valence electrons. The summed E-state index contributed by atoms with van der Waals surface area (Å²) < 4.78 is 52.6. The zero-order chi connectivity index (χ0) is 42.1. The van der Waals surface area contributed by atoms with E-state index in [9.17, 15) is 22.8 Å². The summed E-state index contributed by atoms with van der Waals surface area (Å²) in [6.07, 6.45) is -0.148. The Labute approximate surface area is 345 Å². The van der Waals surface area contributed by atoms with Crippen LogP contribution in [0.3, 0.4) is 0 Å². The average molecular weight is 798 g/mol. The summed E-state index contributed by atoms with van der Waals surface area (Å²) in [6.45, 7) is 15.6. The van der Waals surface area contributed by atoms with Gasteiger partial charge >= 0.3 is 18.1 Å². The van der Waals surface area contributed by atoms with Gasteiger partial charge < -0.3 is 14.4 Å². The third-order valence-corrected chi connectivity index (χ3v) is 11.9. The lowest BCUT2D eigenvalue weighted by Crippen LogP contribution is -2.26. The van der Waals surface area contributed by atoms with Crippen LogP contribution in [0.2, 0.25) is 0 Å². The number of rotatable bonds is 15. The molecular formula is C51H50F3NO4. The molecule has 0 fully saturated rings. The smallest absolute Gasteiger partial charge is 0.416 e. The van der Waals surface area contributed by atoms with Gasteiger partial charge in [-0.05, 0) is 145 Å². The van der Waals surface area contributed by atoms with Crippen molar-refractivity contribution in [1.82, 2.24) is 0 Å². The number of alkyl halides is 3. The second-order valence-electron chi connectivity index (χ2n) is 16.4. The first-order chi connectivity index (χ1) is 28.1. The number of carbonyl (C=O) groups excluding carboxylic acids is 2. The fourth-order valence-corrected chi connectivity index (χ4v) is 8.96. The van der Waals surface area contributed by atoms with Crippen LogP contribution < -0.4 is 4.90 Å². The van der Waals surface area contributed by atoms with Crippen molar-refractivity contribution in [3.05, 3.63) is 161 Å². The van der Waals surface area contributed by atoms with E-state index in [0.717, 1.165) is 77.0 Å². The van der Waals surface area contributed by atoms with Crippen molar-refractivity contribution in [2.75, 3.05) is 18.1 Å². The number of fused-ring (bicyclic) bond motifs is 6. The van der Waals surface area contributed by atoms with Crippen LogP contribution in [0.15, 0.2) is 133 Å². The molecule has 0 N–H and O–H groups in total. The van der Waals surface area contributed by atoms with E-state index < -0.39 is 29.1 Å². The molecule has 0 amide bonds. The number of hydrogen-bond acceptors (Lipinski definition) is 5. The number of ether oxygens (including phenoxy) is 2. The van der Waals surface area contributed by atoms with Gasteiger partial charge in [-0.1, -0.05) is 87.7 Å². The van der Waals surface area contributed by atoms with Crippen molar-refractivity contribution in [2.24, 2.45) is 0 Å². The van der Waals surface area contributed by atoms with Crippen molar-refractivity contribution < 1.29 is 32.2 Å². The Morgan fingerprint density at radius 2 is 1.02 bits per heavy atom. The van der Waals surface area contributed by atoms with Crippen LogP contribution in [0.25, 0.3) is 22.3 Å². The van der Waals surface area contributed by atoms with Crippen LogP contribution in [0, 0.1) is 0 Å². The first kappa shape index (κ1) is 41.3. The molecule has 7 rings (SSSR count). The first-order valence-corrected chi connectivity index (χ1v) is 20.2. The number of anilines is 3. The van der Waals surface area contributed by atoms with Gasteiger partial charge in [-0.25, -0.2) is 9.59 Å². The number of unbranched alkanes of at least 4 members (excludes halogenated alkanes) is 2. The Balaban J connectivity index is 1.33. The second-order valence-corrected chi connectivity index (χ2v) is 16.4. The summed E-state index contributed by atoms with van der Waals surface area (Å²) in [5, 5.41) is 0. The predicted octanol–water partition coefficient (Wildman–Crippen LogP) is 13.3. The van der Waals surface area contributed by atoms with Crippen LogP contribution in [0.4, 0.5) is 30.2 Å². The highest BCUT2D eigenvalue weighted by molar-refractivity contribution is 5.89. The number of carbonyl (C=O) groups is 2. The number of hydrogen-bond donors (Lipinski definition) is 0. The minimum Gasteiger partial charge on any atom is -0.462 e. The minimum absolute atomic E-state index is 0.271. The molecule has 0 bridgehead atoms. The lowest BCUT2D eigenvalue weighted by molar-refractivity contribution is -0.139. The molecule has 0 saturated carbocycles. The van der Waals surface area contributed by atoms with Crippen molar-refractivity contribution in [3.63, 3.8) is 0 Å². The van der Waals surface area contributed by atoms with Crippen molar-refractivity contribution in [3.8, 4) is 22.3 Å². The van der Waals surface area contributed by atoms with E-state index in [1.165, 1.54) is 16.7 Å². The van der Waals surface area contributed by atoms with E-state index in [0.29, 0.717) is 29.7 Å². The van der Waals surface area contributed by atoms with Gasteiger partial charge in [0.15, 0.2) is 0 Å². The van der Waals surface area contributed by atoms with Gasteiger partial charge in [0.1, 0.15) is 0 Å². The van der Waals surface area contributed by atoms with E-state index in [2.05, 4.69) is 105 Å². The Bertz CT molecular complexity index is 2390. The normalized spacial score (nSPS) is 14.1. The Morgan fingerprint density at radius 3 is 1.54 bits per heavy atom. The molecule has 2 aliphatic carbocycles. The lowest BCUT2D eigenvalue weighted by Gasteiger charge is -2.34. The molecule has 0 radical (unpaired) electrons. The minimum atomic E-state index is -4.47. The fraction of sp³-hybridized carbons (Fsp3) is 0.294. The summed E-state index contributed by atoms with van der Waals surface area (Å²) in [5.41, 5.74) is 10.8.